The van der Waals surface area contributed by atoms with Crippen LogP contribution in [0.1, 0.15) is 44.6 Å². The molecule has 1 aromatic carbocycles. The maximum atomic E-state index is 13.9. The third-order valence-corrected chi connectivity index (χ3v) is 6.14. The van der Waals surface area contributed by atoms with Crippen LogP contribution in [0.2, 0.25) is 0 Å². The molecule has 5 nitrogen and oxygen atoms in total. The van der Waals surface area contributed by atoms with Crippen LogP contribution in [0, 0.1) is 5.92 Å². The molecule has 1 aliphatic heterocycles. The number of hydrogen-bond donors (Lipinski definition) is 1. The molecule has 1 amide bonds. The second-order valence-electron chi connectivity index (χ2n) is 7.27. The van der Waals surface area contributed by atoms with E-state index in [1.807, 2.05) is 6.92 Å². The van der Waals surface area contributed by atoms with Gasteiger partial charge in [0.2, 0.25) is 5.60 Å². The van der Waals surface area contributed by atoms with Gasteiger partial charge in [0.15, 0.2) is 9.84 Å². The Morgan fingerprint density at radius 1 is 1.29 bits per heavy atom. The van der Waals surface area contributed by atoms with Gasteiger partial charge in [0.05, 0.1) is 4.90 Å². The van der Waals surface area contributed by atoms with E-state index in [1.165, 1.54) is 24.3 Å². The van der Waals surface area contributed by atoms with Crippen molar-refractivity contribution in [3.63, 3.8) is 0 Å². The lowest BCUT2D eigenvalue weighted by Crippen LogP contribution is -2.59. The second-order valence-corrected chi connectivity index (χ2v) is 9.29. The fourth-order valence-electron chi connectivity index (χ4n) is 3.50. The maximum Gasteiger partial charge on any atom is 0.426 e. The normalized spacial score (nSPS) is 23.8. The Kier molecular flexibility index (Phi) is 7.14. The van der Waals surface area contributed by atoms with Crippen molar-refractivity contribution >= 4 is 15.7 Å². The van der Waals surface area contributed by atoms with Crippen molar-refractivity contribution < 1.29 is 31.1 Å². The van der Waals surface area contributed by atoms with Crippen LogP contribution in [0.4, 0.5) is 13.2 Å². The fraction of sp³-hybridized carbons (Fsp3) is 0.632. The molecule has 0 saturated carbocycles. The number of amides is 1. The molecular weight excluding hydrogens is 395 g/mol. The van der Waals surface area contributed by atoms with Gasteiger partial charge in [-0.05, 0) is 42.9 Å². The van der Waals surface area contributed by atoms with Gasteiger partial charge < -0.3 is 10.1 Å². The van der Waals surface area contributed by atoms with Crippen molar-refractivity contribution in [1.29, 1.82) is 0 Å². The van der Waals surface area contributed by atoms with Gasteiger partial charge in [0.25, 0.3) is 5.91 Å². The van der Waals surface area contributed by atoms with E-state index in [4.69, 9.17) is 4.74 Å². The highest BCUT2D eigenvalue weighted by atomic mass is 32.2. The van der Waals surface area contributed by atoms with Gasteiger partial charge in [-0.2, -0.15) is 13.2 Å². The van der Waals surface area contributed by atoms with Gasteiger partial charge in [-0.15, -0.1) is 0 Å². The number of sulfone groups is 1. The standard InChI is InChI=1S/C19H26F3NO4S/c1-3-5-14-6-4-11-27-18(12-14,19(20,21)22)17(24)23-13-15-7-9-16(10-8-15)28(2,25)26/h7-10,14H,3-6,11-13H2,1-2H3,(H,23,24)/t14-,18+/m1/s1. The predicted octanol–water partition coefficient (Wildman–Crippen LogP) is 3.62. The average molecular weight is 421 g/mol. The van der Waals surface area contributed by atoms with Gasteiger partial charge >= 0.3 is 6.18 Å². The number of rotatable bonds is 6. The van der Waals surface area contributed by atoms with Crippen molar-refractivity contribution in [1.82, 2.24) is 5.32 Å². The highest BCUT2D eigenvalue weighted by molar-refractivity contribution is 7.90. The fourth-order valence-corrected chi connectivity index (χ4v) is 4.14. The van der Waals surface area contributed by atoms with Crippen molar-refractivity contribution in [2.75, 3.05) is 12.9 Å². The first-order valence-electron chi connectivity index (χ1n) is 9.27. The molecule has 0 radical (unpaired) electrons. The van der Waals surface area contributed by atoms with Crippen LogP contribution in [0.15, 0.2) is 29.2 Å². The summed E-state index contributed by atoms with van der Waals surface area (Å²) in [6.45, 7) is 1.64. The van der Waals surface area contributed by atoms with E-state index >= 15 is 0 Å². The van der Waals surface area contributed by atoms with Crippen LogP contribution in [-0.2, 0) is 25.9 Å². The first kappa shape index (κ1) is 22.7. The van der Waals surface area contributed by atoms with E-state index in [0.29, 0.717) is 24.8 Å². The zero-order chi connectivity index (χ0) is 21.0. The van der Waals surface area contributed by atoms with E-state index < -0.39 is 27.5 Å². The lowest BCUT2D eigenvalue weighted by atomic mass is 9.84. The third-order valence-electron chi connectivity index (χ3n) is 5.01. The van der Waals surface area contributed by atoms with Crippen LogP contribution in [0.3, 0.4) is 0 Å². The predicted molar refractivity (Wildman–Crippen MR) is 98.4 cm³/mol. The van der Waals surface area contributed by atoms with E-state index in [-0.39, 0.29) is 30.4 Å². The van der Waals surface area contributed by atoms with Crippen LogP contribution in [0.25, 0.3) is 0 Å². The first-order valence-corrected chi connectivity index (χ1v) is 11.2. The molecule has 158 valence electrons. The number of ether oxygens (including phenoxy) is 1. The highest BCUT2D eigenvalue weighted by Gasteiger charge is 2.62. The van der Waals surface area contributed by atoms with E-state index in [2.05, 4.69) is 5.32 Å². The van der Waals surface area contributed by atoms with Crippen LogP contribution >= 0.6 is 0 Å². The van der Waals surface area contributed by atoms with E-state index in [9.17, 15) is 26.4 Å². The van der Waals surface area contributed by atoms with Gasteiger partial charge in [-0.3, -0.25) is 4.79 Å². The summed E-state index contributed by atoms with van der Waals surface area (Å²) in [7, 11) is -3.37. The molecular formula is C19H26F3NO4S. The van der Waals surface area contributed by atoms with Gasteiger partial charge in [0, 0.05) is 19.4 Å². The average Bonchev–Trinajstić information content (AvgIpc) is 2.83. The molecule has 1 N–H and O–H groups in total. The largest absolute Gasteiger partial charge is 0.426 e. The number of carbonyl (C=O) groups is 1. The molecule has 1 aromatic rings. The third kappa shape index (κ3) is 5.26. The summed E-state index contributed by atoms with van der Waals surface area (Å²) >= 11 is 0. The summed E-state index contributed by atoms with van der Waals surface area (Å²) in [5.41, 5.74) is -2.35. The lowest BCUT2D eigenvalue weighted by Gasteiger charge is -2.35. The van der Waals surface area contributed by atoms with Gasteiger partial charge in [0.1, 0.15) is 0 Å². The molecule has 1 fully saturated rings. The summed E-state index contributed by atoms with van der Waals surface area (Å²) in [6.07, 6.45) is -1.70. The first-order chi connectivity index (χ1) is 13.0. The monoisotopic (exact) mass is 421 g/mol. The summed E-state index contributed by atoms with van der Waals surface area (Å²) in [4.78, 5) is 12.7. The number of halogens is 3. The molecule has 1 heterocycles. The Hall–Kier alpha value is -1.61. The summed E-state index contributed by atoms with van der Waals surface area (Å²) in [6, 6.07) is 5.64. The van der Waals surface area contributed by atoms with Crippen molar-refractivity contribution in [2.24, 2.45) is 5.92 Å². The molecule has 28 heavy (non-hydrogen) atoms. The topological polar surface area (TPSA) is 72.5 Å². The minimum absolute atomic E-state index is 0.101. The Morgan fingerprint density at radius 3 is 2.46 bits per heavy atom. The zero-order valence-electron chi connectivity index (χ0n) is 16.0. The van der Waals surface area contributed by atoms with Crippen LogP contribution in [0.5, 0.6) is 0 Å². The van der Waals surface area contributed by atoms with E-state index in [0.717, 1.165) is 12.7 Å². The molecule has 1 saturated heterocycles. The zero-order valence-corrected chi connectivity index (χ0v) is 16.8. The maximum absolute atomic E-state index is 13.9. The Labute approximate surface area is 163 Å². The summed E-state index contributed by atoms with van der Waals surface area (Å²) in [5.74, 6) is -1.43. The number of alkyl halides is 3. The summed E-state index contributed by atoms with van der Waals surface area (Å²) in [5, 5.41) is 2.33. The van der Waals surface area contributed by atoms with Crippen LogP contribution < -0.4 is 5.32 Å². The SMILES string of the molecule is CCC[C@@H]1CCCO[C@@](C(=O)NCc2ccc(S(C)(=O)=O)cc2)(C(F)(F)F)C1. The molecule has 0 spiro atoms. The second kappa shape index (κ2) is 8.82. The molecule has 2 atom stereocenters. The quantitative estimate of drug-likeness (QED) is 0.762. The Balaban J connectivity index is 2.17. The molecule has 0 aliphatic carbocycles. The number of benzene rings is 1. The molecule has 9 heteroatoms. The van der Waals surface area contributed by atoms with Crippen molar-refractivity contribution in [3.05, 3.63) is 29.8 Å². The molecule has 0 bridgehead atoms. The molecule has 0 unspecified atom stereocenters. The smallest absolute Gasteiger partial charge is 0.357 e. The number of nitrogens with one attached hydrogen (secondary N) is 1. The minimum atomic E-state index is -4.83. The summed E-state index contributed by atoms with van der Waals surface area (Å²) < 4.78 is 69.8. The Bertz CT molecular complexity index is 777. The minimum Gasteiger partial charge on any atom is -0.357 e. The molecule has 1 aliphatic rings. The molecule has 2 rings (SSSR count). The highest BCUT2D eigenvalue weighted by Crippen LogP contribution is 2.42. The number of carbonyl (C=O) groups excluding carboxylic acids is 1. The van der Waals surface area contributed by atoms with Crippen molar-refractivity contribution in [2.45, 2.75) is 62.2 Å². The Morgan fingerprint density at radius 2 is 1.93 bits per heavy atom. The molecule has 0 aromatic heterocycles. The van der Waals surface area contributed by atoms with Crippen molar-refractivity contribution in [3.8, 4) is 0 Å². The van der Waals surface area contributed by atoms with Crippen LogP contribution in [-0.4, -0.2) is 39.0 Å². The lowest BCUT2D eigenvalue weighted by molar-refractivity contribution is -0.269. The van der Waals surface area contributed by atoms with E-state index in [1.54, 1.807) is 0 Å². The number of hydrogen-bond acceptors (Lipinski definition) is 4. The van der Waals surface area contributed by atoms with Gasteiger partial charge in [-0.25, -0.2) is 8.42 Å². The van der Waals surface area contributed by atoms with Gasteiger partial charge in [-0.1, -0.05) is 31.9 Å².